The van der Waals surface area contributed by atoms with Crippen LogP contribution in [0, 0.1) is 5.95 Å². The normalized spacial score (nSPS) is 10.0. The van der Waals surface area contributed by atoms with E-state index in [0.29, 0.717) is 10.7 Å². The summed E-state index contributed by atoms with van der Waals surface area (Å²) in [5.41, 5.74) is 0.668. The molecule has 1 heterocycles. The van der Waals surface area contributed by atoms with Crippen molar-refractivity contribution in [1.82, 2.24) is 9.97 Å². The Kier molecular flexibility index (Phi) is 2.78. The minimum atomic E-state index is -0.641. The summed E-state index contributed by atoms with van der Waals surface area (Å²) in [6.45, 7) is 0. The molecule has 1 aromatic heterocycles. The van der Waals surface area contributed by atoms with Crippen LogP contribution in [-0.4, -0.2) is 9.97 Å². The maximum absolute atomic E-state index is 13.1. The molecule has 0 spiro atoms. The van der Waals surface area contributed by atoms with Crippen LogP contribution >= 0.6 is 11.6 Å². The Bertz CT molecular complexity index is 476. The SMILES string of the molecule is Fc1nccnc1Nc1cccc(Cl)c1. The third kappa shape index (κ3) is 2.41. The fourth-order valence-electron chi connectivity index (χ4n) is 1.11. The predicted molar refractivity (Wildman–Crippen MR) is 56.7 cm³/mol. The average Bonchev–Trinajstić information content (AvgIpc) is 2.22. The molecule has 1 N–H and O–H groups in total. The lowest BCUT2D eigenvalue weighted by molar-refractivity contribution is 0.582. The Morgan fingerprint density at radius 2 is 2.00 bits per heavy atom. The number of aromatic nitrogens is 2. The van der Waals surface area contributed by atoms with Crippen molar-refractivity contribution in [2.75, 3.05) is 5.32 Å². The van der Waals surface area contributed by atoms with Crippen molar-refractivity contribution in [3.63, 3.8) is 0 Å². The van der Waals surface area contributed by atoms with Crippen molar-refractivity contribution in [3.05, 3.63) is 47.6 Å². The van der Waals surface area contributed by atoms with Crippen LogP contribution in [0.5, 0.6) is 0 Å². The Morgan fingerprint density at radius 3 is 2.73 bits per heavy atom. The van der Waals surface area contributed by atoms with Crippen molar-refractivity contribution < 1.29 is 4.39 Å². The van der Waals surface area contributed by atoms with Gasteiger partial charge in [-0.25, -0.2) is 9.97 Å². The largest absolute Gasteiger partial charge is 0.336 e. The third-order valence-electron chi connectivity index (χ3n) is 1.74. The summed E-state index contributed by atoms with van der Waals surface area (Å²) in [6, 6.07) is 6.94. The number of hydrogen-bond donors (Lipinski definition) is 1. The highest BCUT2D eigenvalue weighted by Crippen LogP contribution is 2.19. The van der Waals surface area contributed by atoms with Gasteiger partial charge < -0.3 is 5.32 Å². The van der Waals surface area contributed by atoms with Crippen LogP contribution in [0.3, 0.4) is 0 Å². The van der Waals surface area contributed by atoms with Gasteiger partial charge in [0, 0.05) is 23.1 Å². The molecular weight excluding hydrogens is 217 g/mol. The van der Waals surface area contributed by atoms with Crippen molar-refractivity contribution in [2.24, 2.45) is 0 Å². The first-order valence-electron chi connectivity index (χ1n) is 4.25. The van der Waals surface area contributed by atoms with Gasteiger partial charge in [-0.3, -0.25) is 0 Å². The molecule has 76 valence electrons. The van der Waals surface area contributed by atoms with Crippen molar-refractivity contribution in [1.29, 1.82) is 0 Å². The summed E-state index contributed by atoms with van der Waals surface area (Å²) in [7, 11) is 0. The summed E-state index contributed by atoms with van der Waals surface area (Å²) in [4.78, 5) is 7.28. The minimum Gasteiger partial charge on any atom is -0.336 e. The molecule has 0 saturated carbocycles. The molecule has 0 fully saturated rings. The molecule has 2 rings (SSSR count). The van der Waals surface area contributed by atoms with Crippen molar-refractivity contribution >= 4 is 23.1 Å². The zero-order valence-corrected chi connectivity index (χ0v) is 8.37. The molecule has 1 aromatic carbocycles. The van der Waals surface area contributed by atoms with Gasteiger partial charge in [-0.1, -0.05) is 17.7 Å². The maximum Gasteiger partial charge on any atom is 0.255 e. The van der Waals surface area contributed by atoms with Crippen LogP contribution in [0.2, 0.25) is 5.02 Å². The van der Waals surface area contributed by atoms with E-state index in [-0.39, 0.29) is 5.82 Å². The van der Waals surface area contributed by atoms with E-state index in [9.17, 15) is 4.39 Å². The zero-order chi connectivity index (χ0) is 10.7. The van der Waals surface area contributed by atoms with Gasteiger partial charge >= 0.3 is 0 Å². The van der Waals surface area contributed by atoms with Crippen molar-refractivity contribution in [2.45, 2.75) is 0 Å². The fraction of sp³-hybridized carbons (Fsp3) is 0. The van der Waals surface area contributed by atoms with Gasteiger partial charge in [0.25, 0.3) is 5.95 Å². The number of nitrogens with zero attached hydrogens (tertiary/aromatic N) is 2. The molecule has 5 heteroatoms. The quantitative estimate of drug-likeness (QED) is 0.851. The highest BCUT2D eigenvalue weighted by molar-refractivity contribution is 6.30. The van der Waals surface area contributed by atoms with E-state index in [2.05, 4.69) is 15.3 Å². The van der Waals surface area contributed by atoms with Gasteiger partial charge in [0.1, 0.15) is 0 Å². The molecule has 3 nitrogen and oxygen atoms in total. The standard InChI is InChI=1S/C10H7ClFN3/c11-7-2-1-3-8(6-7)15-10-9(12)13-4-5-14-10/h1-6H,(H,14,15). The number of halogens is 2. The van der Waals surface area contributed by atoms with Gasteiger partial charge in [-0.2, -0.15) is 4.39 Å². The summed E-state index contributed by atoms with van der Waals surface area (Å²) in [6.07, 6.45) is 2.70. The second kappa shape index (κ2) is 4.23. The Labute approximate surface area is 90.9 Å². The lowest BCUT2D eigenvalue weighted by Gasteiger charge is -2.05. The Balaban J connectivity index is 2.26. The monoisotopic (exact) mass is 223 g/mol. The maximum atomic E-state index is 13.1. The number of benzene rings is 1. The van der Waals surface area contributed by atoms with Crippen molar-refractivity contribution in [3.8, 4) is 0 Å². The van der Waals surface area contributed by atoms with Crippen LogP contribution < -0.4 is 5.32 Å². The minimum absolute atomic E-state index is 0.0831. The topological polar surface area (TPSA) is 37.8 Å². The first kappa shape index (κ1) is 9.86. The smallest absolute Gasteiger partial charge is 0.255 e. The summed E-state index contributed by atoms with van der Waals surface area (Å²) in [5, 5.41) is 3.35. The van der Waals surface area contributed by atoms with Gasteiger partial charge in [0.15, 0.2) is 5.82 Å². The van der Waals surface area contributed by atoms with E-state index in [1.54, 1.807) is 24.3 Å². The van der Waals surface area contributed by atoms with E-state index in [0.717, 1.165) is 0 Å². The molecule has 0 aliphatic carbocycles. The highest BCUT2D eigenvalue weighted by atomic mass is 35.5. The van der Waals surface area contributed by atoms with Gasteiger partial charge in [0.2, 0.25) is 0 Å². The van der Waals surface area contributed by atoms with Gasteiger partial charge in [-0.05, 0) is 18.2 Å². The molecule has 0 unspecified atom stereocenters. The van der Waals surface area contributed by atoms with E-state index in [1.165, 1.54) is 12.4 Å². The molecule has 0 atom stereocenters. The van der Waals surface area contributed by atoms with Crippen LogP contribution in [0.15, 0.2) is 36.7 Å². The molecule has 15 heavy (non-hydrogen) atoms. The van der Waals surface area contributed by atoms with Crippen LogP contribution in [0.25, 0.3) is 0 Å². The molecule has 0 amide bonds. The second-order valence-corrected chi connectivity index (χ2v) is 3.27. The molecule has 0 aliphatic heterocycles. The van der Waals surface area contributed by atoms with Crippen LogP contribution in [0.1, 0.15) is 0 Å². The molecular formula is C10H7ClFN3. The Hall–Kier alpha value is -1.68. The van der Waals surface area contributed by atoms with Gasteiger partial charge in [-0.15, -0.1) is 0 Å². The molecule has 0 aliphatic rings. The number of rotatable bonds is 2. The molecule has 0 bridgehead atoms. The predicted octanol–water partition coefficient (Wildman–Crippen LogP) is 3.01. The molecule has 2 aromatic rings. The second-order valence-electron chi connectivity index (χ2n) is 2.83. The number of hydrogen-bond acceptors (Lipinski definition) is 3. The summed E-state index contributed by atoms with van der Waals surface area (Å²) >= 11 is 5.78. The summed E-state index contributed by atoms with van der Waals surface area (Å²) < 4.78 is 13.1. The van der Waals surface area contributed by atoms with Crippen LogP contribution in [-0.2, 0) is 0 Å². The van der Waals surface area contributed by atoms with E-state index in [4.69, 9.17) is 11.6 Å². The summed E-state index contributed by atoms with van der Waals surface area (Å²) in [5.74, 6) is -0.558. The van der Waals surface area contributed by atoms with Gasteiger partial charge in [0.05, 0.1) is 0 Å². The third-order valence-corrected chi connectivity index (χ3v) is 1.98. The fourth-order valence-corrected chi connectivity index (χ4v) is 1.30. The highest BCUT2D eigenvalue weighted by Gasteiger charge is 2.03. The molecule has 0 saturated heterocycles. The zero-order valence-electron chi connectivity index (χ0n) is 7.61. The number of nitrogens with one attached hydrogen (secondary N) is 1. The average molecular weight is 224 g/mol. The molecule has 0 radical (unpaired) electrons. The lowest BCUT2D eigenvalue weighted by Crippen LogP contribution is -1.98. The van der Waals surface area contributed by atoms with E-state index < -0.39 is 5.95 Å². The number of anilines is 2. The lowest BCUT2D eigenvalue weighted by atomic mass is 10.3. The van der Waals surface area contributed by atoms with E-state index in [1.807, 2.05) is 0 Å². The van der Waals surface area contributed by atoms with Crippen LogP contribution in [0.4, 0.5) is 15.9 Å². The first-order chi connectivity index (χ1) is 7.25. The van der Waals surface area contributed by atoms with E-state index >= 15 is 0 Å². The first-order valence-corrected chi connectivity index (χ1v) is 4.62. The Morgan fingerprint density at radius 1 is 1.20 bits per heavy atom.